The third-order valence-corrected chi connectivity index (χ3v) is 8.90. The van der Waals surface area contributed by atoms with Gasteiger partial charge in [0.15, 0.2) is 17.4 Å². The molecule has 1 aliphatic rings. The maximum atomic E-state index is 14.5. The van der Waals surface area contributed by atoms with Crippen molar-refractivity contribution in [2.75, 3.05) is 25.6 Å². The fourth-order valence-corrected chi connectivity index (χ4v) is 6.85. The van der Waals surface area contributed by atoms with Crippen LogP contribution >= 0.6 is 7.67 Å². The van der Waals surface area contributed by atoms with Gasteiger partial charge in [-0.25, -0.2) is 15.2 Å². The second-order valence-electron chi connectivity index (χ2n) is 11.9. The number of carbonyl (C=O) groups is 2. The summed E-state index contributed by atoms with van der Waals surface area (Å²) in [7, 11) is -4.32. The predicted octanol–water partition coefficient (Wildman–Crippen LogP) is 0.971. The Morgan fingerprint density at radius 3 is 2.16 bits per heavy atom. The van der Waals surface area contributed by atoms with Crippen molar-refractivity contribution in [3.63, 3.8) is 0 Å². The van der Waals surface area contributed by atoms with E-state index >= 15 is 0 Å². The van der Waals surface area contributed by atoms with Crippen LogP contribution in [0.25, 0.3) is 11.2 Å². The molecule has 1 unspecified atom stereocenters. The second kappa shape index (κ2) is 15.1. The first-order valence-electron chi connectivity index (χ1n) is 14.9. The van der Waals surface area contributed by atoms with E-state index in [2.05, 4.69) is 25.1 Å². The minimum atomic E-state index is -4.32. The van der Waals surface area contributed by atoms with Gasteiger partial charge in [-0.3, -0.25) is 28.5 Å². The van der Waals surface area contributed by atoms with Gasteiger partial charge in [-0.05, 0) is 45.4 Å². The summed E-state index contributed by atoms with van der Waals surface area (Å²) in [6.45, 7) is 11.7. The van der Waals surface area contributed by atoms with E-state index in [-0.39, 0.29) is 55.0 Å². The lowest BCUT2D eigenvalue weighted by atomic mass is 9.96. The summed E-state index contributed by atoms with van der Waals surface area (Å²) in [4.78, 5) is 48.4. The second-order valence-corrected chi connectivity index (χ2v) is 13.8. The molecule has 0 spiro atoms. The van der Waals surface area contributed by atoms with Gasteiger partial charge in [0.1, 0.15) is 29.9 Å². The number of nitrogens with two attached hydrogens (primary N) is 1. The predicted molar refractivity (Wildman–Crippen MR) is 163 cm³/mol. The van der Waals surface area contributed by atoms with Crippen molar-refractivity contribution in [2.45, 2.75) is 97.4 Å². The minimum Gasteiger partial charge on any atom is -0.465 e. The van der Waals surface area contributed by atoms with Crippen molar-refractivity contribution >= 4 is 36.7 Å². The summed E-state index contributed by atoms with van der Waals surface area (Å²) in [5.74, 6) is -1.56. The maximum absolute atomic E-state index is 14.5. The molecule has 0 aliphatic carbocycles. The van der Waals surface area contributed by atoms with Crippen molar-refractivity contribution in [3.8, 4) is 0 Å². The molecule has 1 saturated heterocycles. The molecular weight excluding hydrogens is 613 g/mol. The molecule has 0 amide bonds. The van der Waals surface area contributed by atoms with Crippen LogP contribution in [0.3, 0.4) is 0 Å². The van der Waals surface area contributed by atoms with Gasteiger partial charge in [-0.2, -0.15) is 4.98 Å². The first-order valence-corrected chi connectivity index (χ1v) is 16.6. The zero-order valence-corrected chi connectivity index (χ0v) is 27.6. The molecule has 0 aromatic carbocycles. The number of nitrogen functional groups attached to an aromatic ring is 1. The number of aromatic amines is 1. The average Bonchev–Trinajstić information content (AvgIpc) is 3.44. The summed E-state index contributed by atoms with van der Waals surface area (Å²) < 4.78 is 37.9. The molecule has 1 aliphatic heterocycles. The quantitative estimate of drug-likeness (QED) is 0.109. The first-order chi connectivity index (χ1) is 21.0. The molecule has 0 radical (unpaired) electrons. The molecule has 18 heteroatoms. The number of nitrogens with zero attached hydrogens (tertiary/aromatic N) is 3. The highest BCUT2D eigenvalue weighted by Crippen LogP contribution is 2.44. The average molecular weight is 660 g/mol. The Morgan fingerprint density at radius 2 is 1.67 bits per heavy atom. The lowest BCUT2D eigenvalue weighted by molar-refractivity contribution is -0.146. The zero-order valence-electron chi connectivity index (χ0n) is 26.7. The first kappa shape index (κ1) is 36.5. The molecule has 0 saturated carbocycles. The monoisotopic (exact) mass is 659 g/mol. The zero-order chi connectivity index (χ0) is 33.7. The number of aromatic nitrogens is 4. The van der Waals surface area contributed by atoms with E-state index in [1.807, 2.05) is 27.7 Å². The number of rotatable bonds is 16. The highest BCUT2D eigenvalue weighted by atomic mass is 31.2. The normalized spacial score (nSPS) is 23.5. The number of anilines is 1. The number of hydrogen-bond acceptors (Lipinski definition) is 13. The molecule has 0 bridgehead atoms. The van der Waals surface area contributed by atoms with Crippen molar-refractivity contribution in [3.05, 3.63) is 16.7 Å². The smallest absolute Gasteiger partial charge is 0.342 e. The Bertz CT molecular complexity index is 1390. The van der Waals surface area contributed by atoms with Gasteiger partial charge < -0.3 is 34.7 Å². The number of imidazole rings is 1. The molecule has 2 aromatic rings. The Labute approximate surface area is 261 Å². The van der Waals surface area contributed by atoms with Crippen LogP contribution in [0.2, 0.25) is 0 Å². The minimum absolute atomic E-state index is 0.00114. The third kappa shape index (κ3) is 8.87. The summed E-state index contributed by atoms with van der Waals surface area (Å²) in [5, 5.41) is 27.9. The SMILES string of the molecule is CCOC(=O)[C@H](CC(C)C)NP(=O)(N[C@@H](CC(C)C)C(=O)OCC)OC[C@H]1O[C@@H](n2cnc3c(=O)[nH]c(N)nc32)[C@@](C)(O)C1O. The summed E-state index contributed by atoms with van der Waals surface area (Å²) in [6, 6.07) is -2.16. The van der Waals surface area contributed by atoms with Gasteiger partial charge in [0, 0.05) is 0 Å². The lowest BCUT2D eigenvalue weighted by Crippen LogP contribution is -2.47. The van der Waals surface area contributed by atoms with E-state index in [9.17, 15) is 29.2 Å². The van der Waals surface area contributed by atoms with Gasteiger partial charge >= 0.3 is 19.6 Å². The molecule has 1 fully saturated rings. The van der Waals surface area contributed by atoms with E-state index in [4.69, 9.17) is 24.5 Å². The third-order valence-electron chi connectivity index (χ3n) is 7.09. The molecule has 45 heavy (non-hydrogen) atoms. The van der Waals surface area contributed by atoms with Gasteiger partial charge in [0.2, 0.25) is 5.95 Å². The van der Waals surface area contributed by atoms with E-state index in [1.54, 1.807) is 13.8 Å². The molecule has 17 nitrogen and oxygen atoms in total. The Kier molecular flexibility index (Phi) is 12.3. The van der Waals surface area contributed by atoms with Crippen molar-refractivity contribution in [1.29, 1.82) is 0 Å². The van der Waals surface area contributed by atoms with Crippen molar-refractivity contribution in [1.82, 2.24) is 29.7 Å². The van der Waals surface area contributed by atoms with E-state index in [1.165, 1.54) is 17.8 Å². The van der Waals surface area contributed by atoms with Crippen LogP contribution in [0.1, 0.15) is 67.5 Å². The number of aliphatic hydroxyl groups is 2. The van der Waals surface area contributed by atoms with Crippen LogP contribution < -0.4 is 21.5 Å². The molecular formula is C27H46N7O10P. The van der Waals surface area contributed by atoms with Crippen LogP contribution in [-0.4, -0.2) is 91.4 Å². The van der Waals surface area contributed by atoms with Crippen LogP contribution in [0.4, 0.5) is 5.95 Å². The number of ether oxygens (including phenoxy) is 3. The molecule has 3 heterocycles. The van der Waals surface area contributed by atoms with Crippen LogP contribution in [0, 0.1) is 11.8 Å². The fourth-order valence-electron chi connectivity index (χ4n) is 5.02. The Morgan fingerprint density at radius 1 is 1.13 bits per heavy atom. The number of aliphatic hydroxyl groups excluding tert-OH is 1. The molecule has 6 atom stereocenters. The van der Waals surface area contributed by atoms with Gasteiger partial charge in [-0.15, -0.1) is 0 Å². The van der Waals surface area contributed by atoms with Crippen LogP contribution in [0.15, 0.2) is 11.1 Å². The Balaban J connectivity index is 1.94. The number of nitrogens with one attached hydrogen (secondary N) is 3. The standard InChI is InChI=1S/C27H46N7O10P/c1-8-41-23(37)16(10-14(3)4)32-45(40,33-17(11-15(5)6)24(38)42-9-2)43-12-18-20(35)27(7,39)25(44-18)34-13-29-19-21(34)30-26(28)31-22(19)36/h13-18,20,25,35,39H,8-12H2,1-7H3,(H2,32,33,40)(H3,28,30,31,36)/t16-,17-,18+,20?,25+,27-/m0/s1. The van der Waals surface area contributed by atoms with Gasteiger partial charge in [0.25, 0.3) is 5.56 Å². The van der Waals surface area contributed by atoms with E-state index in [0.29, 0.717) is 0 Å². The summed E-state index contributed by atoms with van der Waals surface area (Å²) >= 11 is 0. The lowest BCUT2D eigenvalue weighted by Gasteiger charge is -2.30. The summed E-state index contributed by atoms with van der Waals surface area (Å²) in [5.41, 5.74) is 3.05. The van der Waals surface area contributed by atoms with E-state index < -0.39 is 67.9 Å². The Hall–Kier alpha value is -2.92. The molecule has 254 valence electrons. The van der Waals surface area contributed by atoms with Gasteiger partial charge in [0.05, 0.1) is 26.1 Å². The van der Waals surface area contributed by atoms with E-state index in [0.717, 1.165) is 0 Å². The van der Waals surface area contributed by atoms with Crippen LogP contribution in [0.5, 0.6) is 0 Å². The van der Waals surface area contributed by atoms with Crippen molar-refractivity contribution in [2.24, 2.45) is 11.8 Å². The number of carbonyl (C=O) groups excluding carboxylic acids is 2. The summed E-state index contributed by atoms with van der Waals surface area (Å²) in [6.07, 6.45) is -2.53. The highest BCUT2D eigenvalue weighted by Gasteiger charge is 2.54. The number of fused-ring (bicyclic) bond motifs is 1. The maximum Gasteiger partial charge on any atom is 0.342 e. The number of esters is 2. The largest absolute Gasteiger partial charge is 0.465 e. The van der Waals surface area contributed by atoms with Crippen LogP contribution in [-0.2, 0) is 32.9 Å². The van der Waals surface area contributed by atoms with Crippen molar-refractivity contribution < 1.29 is 43.1 Å². The molecule has 7 N–H and O–H groups in total. The number of hydrogen-bond donors (Lipinski definition) is 6. The number of H-pyrrole nitrogens is 1. The fraction of sp³-hybridized carbons (Fsp3) is 0.741. The molecule has 3 rings (SSSR count). The molecule has 2 aromatic heterocycles. The van der Waals surface area contributed by atoms with Gasteiger partial charge in [-0.1, -0.05) is 27.7 Å². The highest BCUT2D eigenvalue weighted by molar-refractivity contribution is 7.54. The topological polar surface area (TPSA) is 242 Å².